The summed E-state index contributed by atoms with van der Waals surface area (Å²) in [5.41, 5.74) is 2.76. The van der Waals surface area contributed by atoms with E-state index in [0.717, 1.165) is 27.0 Å². The van der Waals surface area contributed by atoms with Crippen LogP contribution in [0.25, 0.3) is 10.2 Å². The molecule has 7 nitrogen and oxygen atoms in total. The molecule has 4 aromatic rings. The number of thiophene rings is 1. The predicted molar refractivity (Wildman–Crippen MR) is 116 cm³/mol. The number of furan rings is 1. The molecule has 2 amide bonds. The van der Waals surface area contributed by atoms with Gasteiger partial charge in [-0.25, -0.2) is 0 Å². The number of amides is 2. The first kappa shape index (κ1) is 18.4. The molecular formula is C23H20N4O3S. The molecule has 2 aliphatic heterocycles. The average Bonchev–Trinajstić information content (AvgIpc) is 3.52. The van der Waals surface area contributed by atoms with Crippen LogP contribution in [0, 0.1) is 13.8 Å². The molecule has 0 N–H and O–H groups in total. The molecule has 4 aromatic heterocycles. The van der Waals surface area contributed by atoms with Gasteiger partial charge in [0.25, 0.3) is 11.8 Å². The highest BCUT2D eigenvalue weighted by atomic mass is 32.1. The standard InChI is InChI=1S/C23H20N4O3S/c1-14-11-30-12-18(14)20(28)26-6-7-27-21(29)19-9-16-5-8-31-22(16)25(19)13-23(26,27)17-4-3-15(2)24-10-17/h3-5,8-12H,6-7,13H2,1-2H3. The lowest BCUT2D eigenvalue weighted by molar-refractivity contribution is -0.00526. The molecule has 0 radical (unpaired) electrons. The third-order valence-electron chi connectivity index (χ3n) is 6.49. The number of aryl methyl sites for hydroxylation is 2. The normalized spacial score (nSPS) is 20.4. The van der Waals surface area contributed by atoms with Crippen molar-refractivity contribution in [2.45, 2.75) is 26.1 Å². The Morgan fingerprint density at radius 3 is 2.81 bits per heavy atom. The molecule has 8 heteroatoms. The van der Waals surface area contributed by atoms with E-state index in [-0.39, 0.29) is 11.8 Å². The Morgan fingerprint density at radius 2 is 2.06 bits per heavy atom. The zero-order valence-corrected chi connectivity index (χ0v) is 18.0. The summed E-state index contributed by atoms with van der Waals surface area (Å²) < 4.78 is 7.35. The van der Waals surface area contributed by atoms with Gasteiger partial charge in [-0.3, -0.25) is 14.6 Å². The van der Waals surface area contributed by atoms with Gasteiger partial charge >= 0.3 is 0 Å². The summed E-state index contributed by atoms with van der Waals surface area (Å²) in [6.07, 6.45) is 4.86. The number of hydrogen-bond donors (Lipinski definition) is 0. The van der Waals surface area contributed by atoms with E-state index >= 15 is 0 Å². The third-order valence-corrected chi connectivity index (χ3v) is 7.44. The largest absolute Gasteiger partial charge is 0.471 e. The van der Waals surface area contributed by atoms with Crippen molar-refractivity contribution in [2.24, 2.45) is 0 Å². The van der Waals surface area contributed by atoms with Gasteiger partial charge in [-0.2, -0.15) is 0 Å². The first-order chi connectivity index (χ1) is 15.0. The molecule has 0 aliphatic carbocycles. The Labute approximate surface area is 182 Å². The van der Waals surface area contributed by atoms with Crippen molar-refractivity contribution in [3.8, 4) is 0 Å². The maximum absolute atomic E-state index is 13.7. The van der Waals surface area contributed by atoms with Crippen LogP contribution in [0.3, 0.4) is 0 Å². The fourth-order valence-electron chi connectivity index (χ4n) is 4.93. The van der Waals surface area contributed by atoms with Gasteiger partial charge in [-0.1, -0.05) is 6.07 Å². The van der Waals surface area contributed by atoms with Crippen LogP contribution in [0.5, 0.6) is 0 Å². The maximum atomic E-state index is 13.7. The quantitative estimate of drug-likeness (QED) is 0.483. The first-order valence-corrected chi connectivity index (χ1v) is 11.1. The SMILES string of the molecule is Cc1ccc(C23Cn4c(cc5ccsc54)C(=O)N2CCN3C(=O)c2cocc2C)cn1. The highest BCUT2D eigenvalue weighted by Gasteiger charge is 2.56. The Hall–Kier alpha value is -3.39. The van der Waals surface area contributed by atoms with Crippen LogP contribution in [0.4, 0.5) is 0 Å². The van der Waals surface area contributed by atoms with Crippen LogP contribution in [0.1, 0.15) is 37.7 Å². The number of hydrogen-bond acceptors (Lipinski definition) is 5. The Balaban J connectivity index is 1.59. The van der Waals surface area contributed by atoms with Crippen LogP contribution in [0.15, 0.2) is 52.8 Å². The van der Waals surface area contributed by atoms with Gasteiger partial charge in [0.1, 0.15) is 16.8 Å². The van der Waals surface area contributed by atoms with Gasteiger partial charge in [-0.05, 0) is 43.0 Å². The van der Waals surface area contributed by atoms with Crippen molar-refractivity contribution in [3.05, 3.63) is 76.4 Å². The average molecular weight is 433 g/mol. The molecule has 0 spiro atoms. The minimum atomic E-state index is -0.943. The van der Waals surface area contributed by atoms with Crippen LogP contribution in [-0.2, 0) is 12.2 Å². The summed E-state index contributed by atoms with van der Waals surface area (Å²) in [5.74, 6) is -0.199. The minimum absolute atomic E-state index is 0.0607. The fraction of sp³-hybridized carbons (Fsp3) is 0.261. The fourth-order valence-corrected chi connectivity index (χ4v) is 5.82. The van der Waals surface area contributed by atoms with Gasteiger partial charge in [0.2, 0.25) is 0 Å². The lowest BCUT2D eigenvalue weighted by atomic mass is 9.94. The van der Waals surface area contributed by atoms with Crippen molar-refractivity contribution in [2.75, 3.05) is 13.1 Å². The van der Waals surface area contributed by atoms with Gasteiger partial charge < -0.3 is 18.8 Å². The number of rotatable bonds is 2. The van der Waals surface area contributed by atoms with Crippen molar-refractivity contribution in [3.63, 3.8) is 0 Å². The molecule has 6 rings (SSSR count). The summed E-state index contributed by atoms with van der Waals surface area (Å²) in [4.78, 5) is 36.6. The van der Waals surface area contributed by atoms with Crippen molar-refractivity contribution in [1.82, 2.24) is 19.4 Å². The maximum Gasteiger partial charge on any atom is 0.272 e. The van der Waals surface area contributed by atoms with E-state index in [0.29, 0.717) is 30.9 Å². The smallest absolute Gasteiger partial charge is 0.272 e. The lowest BCUT2D eigenvalue weighted by Gasteiger charge is -2.47. The topological polar surface area (TPSA) is 71.6 Å². The molecule has 1 saturated heterocycles. The number of carbonyl (C=O) groups excluding carboxylic acids is 2. The van der Waals surface area contributed by atoms with Gasteiger partial charge in [0.15, 0.2) is 5.66 Å². The van der Waals surface area contributed by atoms with E-state index in [9.17, 15) is 9.59 Å². The van der Waals surface area contributed by atoms with Gasteiger partial charge in [0.05, 0.1) is 18.4 Å². The van der Waals surface area contributed by atoms with E-state index in [1.54, 1.807) is 23.8 Å². The van der Waals surface area contributed by atoms with Crippen molar-refractivity contribution in [1.29, 1.82) is 0 Å². The van der Waals surface area contributed by atoms with E-state index in [2.05, 4.69) is 9.55 Å². The molecule has 31 heavy (non-hydrogen) atoms. The molecule has 156 valence electrons. The van der Waals surface area contributed by atoms with E-state index < -0.39 is 5.66 Å². The molecule has 0 bridgehead atoms. The van der Waals surface area contributed by atoms with Crippen LogP contribution in [-0.4, -0.2) is 44.3 Å². The van der Waals surface area contributed by atoms with Crippen LogP contribution in [0.2, 0.25) is 0 Å². The number of aromatic nitrogens is 2. The molecule has 1 unspecified atom stereocenters. The Bertz CT molecular complexity index is 1350. The summed E-state index contributed by atoms with van der Waals surface area (Å²) in [7, 11) is 0. The Kier molecular flexibility index (Phi) is 3.74. The summed E-state index contributed by atoms with van der Waals surface area (Å²) in [5, 5.41) is 3.08. The highest BCUT2D eigenvalue weighted by Crippen LogP contribution is 2.45. The van der Waals surface area contributed by atoms with Crippen molar-refractivity contribution >= 4 is 33.4 Å². The zero-order chi connectivity index (χ0) is 21.3. The molecule has 1 atom stereocenters. The molecule has 1 fully saturated rings. The summed E-state index contributed by atoms with van der Waals surface area (Å²) in [6, 6.07) is 7.90. The molecule has 2 aliphatic rings. The lowest BCUT2D eigenvalue weighted by Crippen LogP contribution is -2.60. The van der Waals surface area contributed by atoms with Crippen molar-refractivity contribution < 1.29 is 14.0 Å². The third kappa shape index (κ3) is 2.36. The second-order valence-corrected chi connectivity index (χ2v) is 9.08. The zero-order valence-electron chi connectivity index (χ0n) is 17.2. The number of nitrogens with zero attached hydrogens (tertiary/aromatic N) is 4. The number of pyridine rings is 1. The molecular weight excluding hydrogens is 412 g/mol. The van der Waals surface area contributed by atoms with Crippen LogP contribution >= 0.6 is 11.3 Å². The highest BCUT2D eigenvalue weighted by molar-refractivity contribution is 7.16. The van der Waals surface area contributed by atoms with Gasteiger partial charge in [-0.15, -0.1) is 11.3 Å². The predicted octanol–water partition coefficient (Wildman–Crippen LogP) is 3.77. The second-order valence-electron chi connectivity index (χ2n) is 8.18. The van der Waals surface area contributed by atoms with E-state index in [1.807, 2.05) is 53.3 Å². The van der Waals surface area contributed by atoms with E-state index in [1.165, 1.54) is 6.26 Å². The monoisotopic (exact) mass is 432 g/mol. The number of carbonyl (C=O) groups is 2. The summed E-state index contributed by atoms with van der Waals surface area (Å²) >= 11 is 1.61. The Morgan fingerprint density at radius 1 is 1.19 bits per heavy atom. The number of fused-ring (bicyclic) bond motifs is 4. The molecule has 0 saturated carbocycles. The second kappa shape index (κ2) is 6.31. The molecule has 0 aromatic carbocycles. The van der Waals surface area contributed by atoms with Gasteiger partial charge in [0, 0.05) is 35.9 Å². The minimum Gasteiger partial charge on any atom is -0.471 e. The van der Waals surface area contributed by atoms with E-state index in [4.69, 9.17) is 4.42 Å². The van der Waals surface area contributed by atoms with Crippen LogP contribution < -0.4 is 0 Å². The molecule has 6 heterocycles. The summed E-state index contributed by atoms with van der Waals surface area (Å²) in [6.45, 7) is 5.16. The first-order valence-electron chi connectivity index (χ1n) is 10.2.